The second-order valence-corrected chi connectivity index (χ2v) is 3.27. The van der Waals surface area contributed by atoms with E-state index >= 15 is 0 Å². The van der Waals surface area contributed by atoms with Crippen LogP contribution in [0.3, 0.4) is 0 Å². The first-order chi connectivity index (χ1) is 5.40. The molecule has 1 fully saturated rings. The molecular weight excluding hydrogens is 136 g/mol. The summed E-state index contributed by atoms with van der Waals surface area (Å²) in [6.07, 6.45) is 7.12. The van der Waals surface area contributed by atoms with Crippen LogP contribution in [-0.2, 0) is 6.42 Å². The van der Waals surface area contributed by atoms with E-state index in [0.29, 0.717) is 0 Å². The van der Waals surface area contributed by atoms with Crippen molar-refractivity contribution in [3.05, 3.63) is 17.7 Å². The number of hydrogen-bond donors (Lipinski definition) is 1. The number of aromatic amines is 1. The number of nitrogens with zero attached hydrogens (tertiary/aromatic N) is 1. The Kier molecular flexibility index (Phi) is 1.68. The molecule has 0 amide bonds. The maximum atomic E-state index is 4.28. The third-order valence-electron chi connectivity index (χ3n) is 2.53. The predicted octanol–water partition coefficient (Wildman–Crippen LogP) is 2.24. The van der Waals surface area contributed by atoms with Crippen molar-refractivity contribution in [3.63, 3.8) is 0 Å². The summed E-state index contributed by atoms with van der Waals surface area (Å²) in [5.74, 6) is 1.93. The van der Waals surface area contributed by atoms with Crippen LogP contribution < -0.4 is 0 Å². The minimum atomic E-state index is 0.794. The summed E-state index contributed by atoms with van der Waals surface area (Å²) in [6.45, 7) is 2.13. The molecule has 2 nitrogen and oxygen atoms in total. The largest absolute Gasteiger partial charge is 0.346 e. The zero-order chi connectivity index (χ0) is 7.68. The molecule has 0 atom stereocenters. The minimum Gasteiger partial charge on any atom is -0.346 e. The molecule has 1 saturated carbocycles. The van der Waals surface area contributed by atoms with Crippen LogP contribution in [0, 0.1) is 0 Å². The van der Waals surface area contributed by atoms with E-state index in [2.05, 4.69) is 16.9 Å². The first-order valence-corrected chi connectivity index (χ1v) is 4.44. The molecule has 0 unspecified atom stereocenters. The van der Waals surface area contributed by atoms with Gasteiger partial charge in [0.1, 0.15) is 5.82 Å². The number of hydrogen-bond acceptors (Lipinski definition) is 1. The van der Waals surface area contributed by atoms with Crippen LogP contribution in [0.4, 0.5) is 0 Å². The van der Waals surface area contributed by atoms with Crippen LogP contribution >= 0.6 is 0 Å². The lowest BCUT2D eigenvalue weighted by atomic mass is 9.83. The second kappa shape index (κ2) is 2.68. The molecule has 11 heavy (non-hydrogen) atoms. The predicted molar refractivity (Wildman–Crippen MR) is 44.6 cm³/mol. The first-order valence-electron chi connectivity index (χ1n) is 4.44. The zero-order valence-electron chi connectivity index (χ0n) is 6.93. The Morgan fingerprint density at radius 2 is 2.45 bits per heavy atom. The van der Waals surface area contributed by atoms with Crippen LogP contribution in [0.5, 0.6) is 0 Å². The van der Waals surface area contributed by atoms with E-state index in [1.165, 1.54) is 25.0 Å². The van der Waals surface area contributed by atoms with Crippen molar-refractivity contribution < 1.29 is 0 Å². The number of nitrogens with one attached hydrogen (secondary N) is 1. The van der Waals surface area contributed by atoms with Crippen LogP contribution in [0.25, 0.3) is 0 Å². The van der Waals surface area contributed by atoms with Gasteiger partial charge in [0.25, 0.3) is 0 Å². The van der Waals surface area contributed by atoms with Crippen LogP contribution in [0.2, 0.25) is 0 Å². The Bertz CT molecular complexity index is 235. The van der Waals surface area contributed by atoms with Crippen LogP contribution in [0.15, 0.2) is 6.20 Å². The fourth-order valence-electron chi connectivity index (χ4n) is 1.49. The van der Waals surface area contributed by atoms with Gasteiger partial charge >= 0.3 is 0 Å². The molecule has 0 aromatic carbocycles. The van der Waals surface area contributed by atoms with Gasteiger partial charge in [-0.15, -0.1) is 0 Å². The zero-order valence-corrected chi connectivity index (χ0v) is 6.93. The normalized spacial score (nSPS) is 18.3. The number of aromatic nitrogens is 2. The Labute approximate surface area is 67.0 Å². The number of aryl methyl sites for hydroxylation is 1. The van der Waals surface area contributed by atoms with Crippen molar-refractivity contribution in [1.82, 2.24) is 9.97 Å². The molecule has 0 bridgehead atoms. The fourth-order valence-corrected chi connectivity index (χ4v) is 1.49. The summed E-state index contributed by atoms with van der Waals surface area (Å²) in [5, 5.41) is 0. The monoisotopic (exact) mass is 150 g/mol. The Hall–Kier alpha value is -0.790. The van der Waals surface area contributed by atoms with Gasteiger partial charge in [-0.25, -0.2) is 4.98 Å². The van der Waals surface area contributed by atoms with E-state index in [1.54, 1.807) is 0 Å². The van der Waals surface area contributed by atoms with Crippen LogP contribution in [-0.4, -0.2) is 9.97 Å². The molecule has 0 radical (unpaired) electrons. The summed E-state index contributed by atoms with van der Waals surface area (Å²) < 4.78 is 0. The molecule has 0 aliphatic heterocycles. The summed E-state index contributed by atoms with van der Waals surface area (Å²) in [6, 6.07) is 0. The van der Waals surface area contributed by atoms with E-state index in [9.17, 15) is 0 Å². The minimum absolute atomic E-state index is 0.794. The van der Waals surface area contributed by atoms with E-state index in [0.717, 1.165) is 18.2 Å². The molecule has 0 spiro atoms. The number of H-pyrrole nitrogens is 1. The summed E-state index contributed by atoms with van der Waals surface area (Å²) in [5.41, 5.74) is 1.35. The van der Waals surface area contributed by atoms with Crippen LogP contribution in [0.1, 0.15) is 43.6 Å². The highest BCUT2D eigenvalue weighted by Crippen LogP contribution is 2.34. The topological polar surface area (TPSA) is 28.7 Å². The lowest BCUT2D eigenvalue weighted by molar-refractivity contribution is 0.412. The van der Waals surface area contributed by atoms with E-state index in [4.69, 9.17) is 0 Å². The van der Waals surface area contributed by atoms with Gasteiger partial charge < -0.3 is 4.98 Å². The highest BCUT2D eigenvalue weighted by molar-refractivity contribution is 5.10. The molecule has 1 N–H and O–H groups in total. The van der Waals surface area contributed by atoms with E-state index in [-0.39, 0.29) is 0 Å². The van der Waals surface area contributed by atoms with Crippen molar-refractivity contribution >= 4 is 0 Å². The quantitative estimate of drug-likeness (QED) is 0.688. The van der Waals surface area contributed by atoms with Gasteiger partial charge in [-0.3, -0.25) is 0 Å². The first kappa shape index (κ1) is 6.89. The third kappa shape index (κ3) is 1.17. The lowest BCUT2D eigenvalue weighted by Gasteiger charge is -2.23. The molecule has 1 aliphatic rings. The van der Waals surface area contributed by atoms with Gasteiger partial charge in [0, 0.05) is 24.2 Å². The standard InChI is InChI=1S/C9H14N2/c1-2-9-10-6-8(11-9)7-4-3-5-7/h6-7H,2-5H2,1H3,(H,10,11). The van der Waals surface area contributed by atoms with E-state index in [1.807, 2.05) is 6.20 Å². The van der Waals surface area contributed by atoms with Crippen molar-refractivity contribution in [1.29, 1.82) is 0 Å². The highest BCUT2D eigenvalue weighted by atomic mass is 14.9. The van der Waals surface area contributed by atoms with Crippen molar-refractivity contribution in [2.75, 3.05) is 0 Å². The second-order valence-electron chi connectivity index (χ2n) is 3.27. The van der Waals surface area contributed by atoms with Gasteiger partial charge in [0.15, 0.2) is 0 Å². The molecule has 1 heterocycles. The third-order valence-corrected chi connectivity index (χ3v) is 2.53. The molecule has 0 saturated heterocycles. The van der Waals surface area contributed by atoms with Gasteiger partial charge in [-0.05, 0) is 12.8 Å². The molecular formula is C9H14N2. The average Bonchev–Trinajstić information content (AvgIpc) is 2.32. The maximum absolute atomic E-state index is 4.28. The average molecular weight is 150 g/mol. The summed E-state index contributed by atoms with van der Waals surface area (Å²) >= 11 is 0. The molecule has 1 aliphatic carbocycles. The van der Waals surface area contributed by atoms with Crippen molar-refractivity contribution in [2.45, 2.75) is 38.5 Å². The van der Waals surface area contributed by atoms with Gasteiger partial charge in [0.2, 0.25) is 0 Å². The number of rotatable bonds is 2. The maximum Gasteiger partial charge on any atom is 0.105 e. The van der Waals surface area contributed by atoms with E-state index < -0.39 is 0 Å². The van der Waals surface area contributed by atoms with Gasteiger partial charge in [-0.1, -0.05) is 13.3 Å². The highest BCUT2D eigenvalue weighted by Gasteiger charge is 2.20. The van der Waals surface area contributed by atoms with Crippen molar-refractivity contribution in [3.8, 4) is 0 Å². The Morgan fingerprint density at radius 3 is 2.91 bits per heavy atom. The Balaban J connectivity index is 2.11. The van der Waals surface area contributed by atoms with Gasteiger partial charge in [-0.2, -0.15) is 0 Å². The smallest absolute Gasteiger partial charge is 0.105 e. The van der Waals surface area contributed by atoms with Crippen molar-refractivity contribution in [2.24, 2.45) is 0 Å². The summed E-state index contributed by atoms with van der Waals surface area (Å²) in [4.78, 5) is 7.64. The fraction of sp³-hybridized carbons (Fsp3) is 0.667. The molecule has 1 aromatic rings. The number of imidazole rings is 1. The van der Waals surface area contributed by atoms with Gasteiger partial charge in [0.05, 0.1) is 0 Å². The molecule has 2 rings (SSSR count). The molecule has 60 valence electrons. The summed E-state index contributed by atoms with van der Waals surface area (Å²) in [7, 11) is 0. The SMILES string of the molecule is CCc1ncc(C2CCC2)[nH]1. The Morgan fingerprint density at radius 1 is 1.64 bits per heavy atom. The molecule has 1 aromatic heterocycles. The molecule has 2 heteroatoms. The lowest BCUT2D eigenvalue weighted by Crippen LogP contribution is -2.08.